The van der Waals surface area contributed by atoms with E-state index < -0.39 is 5.60 Å². The quantitative estimate of drug-likeness (QED) is 0.631. The Bertz CT molecular complexity index is 36.8. The lowest BCUT2D eigenvalue weighted by atomic mass is 10.2. The van der Waals surface area contributed by atoms with E-state index in [9.17, 15) is 0 Å². The van der Waals surface area contributed by atoms with Crippen LogP contribution in [-0.4, -0.2) is 24.8 Å². The highest BCUT2D eigenvalue weighted by atomic mass is 127. The summed E-state index contributed by atoms with van der Waals surface area (Å²) in [6.07, 6.45) is 0. The number of halogens is 1. The first-order valence-corrected chi connectivity index (χ1v) is 2.72. The molecule has 0 spiro atoms. The molecule has 0 radical (unpaired) electrons. The molecule has 9 heavy (non-hydrogen) atoms. The number of rotatable bonds is 0. The minimum absolute atomic E-state index is 0. The van der Waals surface area contributed by atoms with Gasteiger partial charge in [-0.15, -0.1) is 24.0 Å². The molecule has 0 bridgehead atoms. The van der Waals surface area contributed by atoms with Crippen molar-refractivity contribution in [3.8, 4) is 0 Å². The second kappa shape index (κ2) is 8.65. The number of hydrogen-bond donors (Lipinski definition) is 2. The fourth-order valence-electron chi connectivity index (χ4n) is 0. The molecule has 0 rings (SSSR count). The van der Waals surface area contributed by atoms with Gasteiger partial charge in [0.2, 0.25) is 0 Å². The van der Waals surface area contributed by atoms with Gasteiger partial charge < -0.3 is 10.4 Å². The molecule has 0 saturated heterocycles. The maximum Gasteiger partial charge on any atom is 0.0563 e. The van der Waals surface area contributed by atoms with Crippen molar-refractivity contribution in [1.29, 1.82) is 0 Å². The Morgan fingerprint density at radius 1 is 1.11 bits per heavy atom. The topological polar surface area (TPSA) is 32.3 Å². The molecule has 0 aromatic carbocycles. The number of nitrogens with one attached hydrogen (secondary N) is 1. The van der Waals surface area contributed by atoms with E-state index in [0.29, 0.717) is 0 Å². The van der Waals surface area contributed by atoms with Crippen LogP contribution in [0.3, 0.4) is 0 Å². The van der Waals surface area contributed by atoms with Gasteiger partial charge in [-0.25, -0.2) is 0 Å². The van der Waals surface area contributed by atoms with E-state index in [-0.39, 0.29) is 24.0 Å². The van der Waals surface area contributed by atoms with Gasteiger partial charge in [-0.1, -0.05) is 0 Å². The summed E-state index contributed by atoms with van der Waals surface area (Å²) >= 11 is 0. The van der Waals surface area contributed by atoms with Crippen molar-refractivity contribution >= 4 is 24.0 Å². The lowest BCUT2D eigenvalue weighted by molar-refractivity contribution is 0.102. The molecule has 60 valence electrons. The fourth-order valence-corrected chi connectivity index (χ4v) is 0. The van der Waals surface area contributed by atoms with E-state index >= 15 is 0 Å². The van der Waals surface area contributed by atoms with E-state index in [1.54, 1.807) is 20.8 Å². The third kappa shape index (κ3) is 905. The molecule has 3 heteroatoms. The van der Waals surface area contributed by atoms with Crippen molar-refractivity contribution in [3.63, 3.8) is 0 Å². The smallest absolute Gasteiger partial charge is 0.0563 e. The predicted octanol–water partition coefficient (Wildman–Crippen LogP) is 1.23. The van der Waals surface area contributed by atoms with Gasteiger partial charge in [-0.2, -0.15) is 0 Å². The van der Waals surface area contributed by atoms with Crippen LogP contribution in [0.15, 0.2) is 0 Å². The first kappa shape index (κ1) is 16.3. The van der Waals surface area contributed by atoms with Crippen molar-refractivity contribution in [2.45, 2.75) is 26.4 Å². The Labute approximate surface area is 75.1 Å². The van der Waals surface area contributed by atoms with Crippen LogP contribution in [0.5, 0.6) is 0 Å². The molecule has 2 N–H and O–H groups in total. The summed E-state index contributed by atoms with van der Waals surface area (Å²) < 4.78 is 0. The highest BCUT2D eigenvalue weighted by Crippen LogP contribution is 1.93. The lowest BCUT2D eigenvalue weighted by Crippen LogP contribution is -2.10. The van der Waals surface area contributed by atoms with Crippen molar-refractivity contribution < 1.29 is 5.11 Å². The van der Waals surface area contributed by atoms with E-state index in [1.165, 1.54) is 0 Å². The van der Waals surface area contributed by atoms with Gasteiger partial charge in [-0.05, 0) is 34.9 Å². The standard InChI is InChI=1S/C4H10O.C2H7N.HI/c1-4(2,3)5;1-3-2;/h5H,1-3H3;3H,1-2H3;1H. The van der Waals surface area contributed by atoms with E-state index in [2.05, 4.69) is 5.32 Å². The molecular formula is C6H18INO. The van der Waals surface area contributed by atoms with Crippen LogP contribution in [0, 0.1) is 0 Å². The SMILES string of the molecule is CC(C)(C)O.CNC.I. The molecular weight excluding hydrogens is 229 g/mol. The summed E-state index contributed by atoms with van der Waals surface area (Å²) in [6.45, 7) is 5.23. The van der Waals surface area contributed by atoms with E-state index in [1.807, 2.05) is 14.1 Å². The van der Waals surface area contributed by atoms with Crippen molar-refractivity contribution in [2.24, 2.45) is 0 Å². The van der Waals surface area contributed by atoms with Crippen LogP contribution in [0.25, 0.3) is 0 Å². The maximum atomic E-state index is 8.52. The molecule has 0 aliphatic carbocycles. The zero-order chi connectivity index (χ0) is 7.21. The molecule has 0 aromatic heterocycles. The third-order valence-electron chi connectivity index (χ3n) is 0. The second-order valence-electron chi connectivity index (χ2n) is 2.67. The summed E-state index contributed by atoms with van der Waals surface area (Å²) in [7, 11) is 3.75. The first-order valence-electron chi connectivity index (χ1n) is 2.72. The molecule has 0 atom stereocenters. The molecule has 0 saturated carbocycles. The Morgan fingerprint density at radius 3 is 1.11 bits per heavy atom. The molecule has 0 aromatic rings. The molecule has 0 aliphatic rings. The monoisotopic (exact) mass is 247 g/mol. The highest BCUT2D eigenvalue weighted by molar-refractivity contribution is 14.0. The third-order valence-corrected chi connectivity index (χ3v) is 0. The number of aliphatic hydroxyl groups is 1. The molecule has 0 fully saturated rings. The Morgan fingerprint density at radius 2 is 1.11 bits per heavy atom. The zero-order valence-corrected chi connectivity index (χ0v) is 9.19. The maximum absolute atomic E-state index is 8.52. The average molecular weight is 247 g/mol. The normalized spacial score (nSPS) is 8.67. The van der Waals surface area contributed by atoms with Gasteiger partial charge in [0.15, 0.2) is 0 Å². The second-order valence-corrected chi connectivity index (χ2v) is 2.67. The largest absolute Gasteiger partial charge is 0.391 e. The molecule has 0 heterocycles. The van der Waals surface area contributed by atoms with Crippen LogP contribution in [0.1, 0.15) is 20.8 Å². The van der Waals surface area contributed by atoms with Gasteiger partial charge in [0.1, 0.15) is 0 Å². The Hall–Kier alpha value is 0.650. The molecule has 0 unspecified atom stereocenters. The number of hydrogen-bond acceptors (Lipinski definition) is 2. The lowest BCUT2D eigenvalue weighted by Gasteiger charge is -2.04. The van der Waals surface area contributed by atoms with Crippen LogP contribution in [0.4, 0.5) is 0 Å². The van der Waals surface area contributed by atoms with Gasteiger partial charge in [-0.3, -0.25) is 0 Å². The zero-order valence-electron chi connectivity index (χ0n) is 6.86. The van der Waals surface area contributed by atoms with Crippen molar-refractivity contribution in [3.05, 3.63) is 0 Å². The first-order chi connectivity index (χ1) is 3.41. The van der Waals surface area contributed by atoms with E-state index in [0.717, 1.165) is 0 Å². The predicted molar refractivity (Wildman–Crippen MR) is 52.4 cm³/mol. The van der Waals surface area contributed by atoms with Crippen LogP contribution >= 0.6 is 24.0 Å². The fraction of sp³-hybridized carbons (Fsp3) is 1.00. The van der Waals surface area contributed by atoms with E-state index in [4.69, 9.17) is 5.11 Å². The molecule has 0 aliphatic heterocycles. The molecule has 0 amide bonds. The van der Waals surface area contributed by atoms with Gasteiger partial charge in [0.05, 0.1) is 5.60 Å². The summed E-state index contributed by atoms with van der Waals surface area (Å²) in [5.41, 5.74) is -0.500. The summed E-state index contributed by atoms with van der Waals surface area (Å²) in [5.74, 6) is 0. The van der Waals surface area contributed by atoms with Gasteiger partial charge >= 0.3 is 0 Å². The van der Waals surface area contributed by atoms with Crippen LogP contribution in [0.2, 0.25) is 0 Å². The van der Waals surface area contributed by atoms with Gasteiger partial charge in [0.25, 0.3) is 0 Å². The van der Waals surface area contributed by atoms with Crippen molar-refractivity contribution in [1.82, 2.24) is 5.32 Å². The minimum Gasteiger partial charge on any atom is -0.391 e. The van der Waals surface area contributed by atoms with Crippen LogP contribution < -0.4 is 5.32 Å². The summed E-state index contributed by atoms with van der Waals surface area (Å²) in [6, 6.07) is 0. The Kier molecular flexibility index (Phi) is 15.7. The van der Waals surface area contributed by atoms with Gasteiger partial charge in [0, 0.05) is 0 Å². The Balaban J connectivity index is -0.0000000800. The molecule has 2 nitrogen and oxygen atoms in total. The van der Waals surface area contributed by atoms with Crippen molar-refractivity contribution in [2.75, 3.05) is 14.1 Å². The minimum atomic E-state index is -0.500. The summed E-state index contributed by atoms with van der Waals surface area (Å²) in [5, 5.41) is 11.3. The summed E-state index contributed by atoms with van der Waals surface area (Å²) in [4.78, 5) is 0. The average Bonchev–Trinajstić information content (AvgIpc) is 1.27. The van der Waals surface area contributed by atoms with Crippen LogP contribution in [-0.2, 0) is 0 Å². The highest BCUT2D eigenvalue weighted by Gasteiger charge is 1.97.